The molecule has 0 saturated carbocycles. The summed E-state index contributed by atoms with van der Waals surface area (Å²) in [5.41, 5.74) is 8.11. The van der Waals surface area contributed by atoms with Crippen LogP contribution in [0.4, 0.5) is 0 Å². The number of ether oxygens (including phenoxy) is 1. The number of nitrogens with zero attached hydrogens (tertiary/aromatic N) is 2. The molecule has 0 amide bonds. The van der Waals surface area contributed by atoms with Crippen LogP contribution in [0.3, 0.4) is 0 Å². The zero-order valence-corrected chi connectivity index (χ0v) is 18.7. The Bertz CT molecular complexity index is 1030. The molecule has 6 nitrogen and oxygen atoms in total. The SMILES string of the molecule is CC1(C)OB(c2cnn(Cc3cccc(Oc4cccc(CCN)c4)c3)c2)OC1(C)C. The van der Waals surface area contributed by atoms with Crippen molar-refractivity contribution in [2.45, 2.75) is 51.9 Å². The Hall–Kier alpha value is -2.61. The van der Waals surface area contributed by atoms with Gasteiger partial charge >= 0.3 is 7.12 Å². The smallest absolute Gasteiger partial charge is 0.457 e. The number of hydrogen-bond acceptors (Lipinski definition) is 5. The molecule has 2 N–H and O–H groups in total. The molecule has 0 aliphatic carbocycles. The van der Waals surface area contributed by atoms with Gasteiger partial charge in [-0.25, -0.2) is 0 Å². The van der Waals surface area contributed by atoms with Gasteiger partial charge in [0.25, 0.3) is 0 Å². The Balaban J connectivity index is 1.44. The van der Waals surface area contributed by atoms with E-state index in [-0.39, 0.29) is 11.2 Å². The largest absolute Gasteiger partial charge is 0.498 e. The Morgan fingerprint density at radius 1 is 0.968 bits per heavy atom. The fourth-order valence-electron chi connectivity index (χ4n) is 3.53. The number of rotatable bonds is 7. The van der Waals surface area contributed by atoms with Crippen molar-refractivity contribution in [3.05, 3.63) is 72.1 Å². The van der Waals surface area contributed by atoms with Crippen LogP contribution in [0.2, 0.25) is 0 Å². The highest BCUT2D eigenvalue weighted by molar-refractivity contribution is 6.62. The van der Waals surface area contributed by atoms with Crippen molar-refractivity contribution in [2.24, 2.45) is 5.73 Å². The molecule has 0 spiro atoms. The highest BCUT2D eigenvalue weighted by atomic mass is 16.7. The summed E-state index contributed by atoms with van der Waals surface area (Å²) in [6, 6.07) is 16.1. The monoisotopic (exact) mass is 419 g/mol. The average molecular weight is 419 g/mol. The highest BCUT2D eigenvalue weighted by Crippen LogP contribution is 2.36. The first-order valence-corrected chi connectivity index (χ1v) is 10.7. The maximum Gasteiger partial charge on any atom is 0.498 e. The van der Waals surface area contributed by atoms with Crippen LogP contribution in [-0.2, 0) is 22.3 Å². The van der Waals surface area contributed by atoms with Gasteiger partial charge in [0.05, 0.1) is 17.7 Å². The molecular weight excluding hydrogens is 389 g/mol. The zero-order valence-electron chi connectivity index (χ0n) is 18.7. The lowest BCUT2D eigenvalue weighted by Crippen LogP contribution is -2.41. The lowest BCUT2D eigenvalue weighted by atomic mass is 9.82. The van der Waals surface area contributed by atoms with Gasteiger partial charge in [-0.1, -0.05) is 24.3 Å². The number of aromatic nitrogens is 2. The van der Waals surface area contributed by atoms with Crippen molar-refractivity contribution in [3.63, 3.8) is 0 Å². The first-order chi connectivity index (χ1) is 14.8. The standard InChI is InChI=1S/C24H30BN3O3/c1-23(2)24(3,4)31-25(30-23)20-15-27-28(17-20)16-19-8-6-10-22(14-19)29-21-9-5-7-18(13-21)11-12-26/h5-10,13-15,17H,11-12,16,26H2,1-4H3. The number of hydrogen-bond donors (Lipinski definition) is 1. The second kappa shape index (κ2) is 8.50. The Morgan fingerprint density at radius 2 is 1.58 bits per heavy atom. The third-order valence-electron chi connectivity index (χ3n) is 5.99. The summed E-state index contributed by atoms with van der Waals surface area (Å²) in [5.74, 6) is 1.60. The molecule has 1 aromatic heterocycles. The molecule has 7 heteroatoms. The summed E-state index contributed by atoms with van der Waals surface area (Å²) >= 11 is 0. The predicted octanol–water partition coefficient (Wildman–Crippen LogP) is 3.52. The van der Waals surface area contributed by atoms with Crippen molar-refractivity contribution in [3.8, 4) is 11.5 Å². The van der Waals surface area contributed by atoms with Crippen LogP contribution < -0.4 is 15.9 Å². The summed E-state index contributed by atoms with van der Waals surface area (Å²) in [6.07, 6.45) is 4.62. The molecule has 0 atom stereocenters. The molecule has 4 rings (SSSR count). The van der Waals surface area contributed by atoms with Crippen LogP contribution in [0.25, 0.3) is 0 Å². The fourth-order valence-corrected chi connectivity index (χ4v) is 3.53. The third kappa shape index (κ3) is 4.84. The minimum Gasteiger partial charge on any atom is -0.457 e. The van der Waals surface area contributed by atoms with E-state index in [0.717, 1.165) is 28.9 Å². The van der Waals surface area contributed by atoms with Gasteiger partial charge < -0.3 is 19.8 Å². The van der Waals surface area contributed by atoms with Gasteiger partial charge in [-0.15, -0.1) is 0 Å². The van der Waals surface area contributed by atoms with E-state index in [1.54, 1.807) is 0 Å². The van der Waals surface area contributed by atoms with E-state index in [0.29, 0.717) is 13.1 Å². The molecule has 2 heterocycles. The third-order valence-corrected chi connectivity index (χ3v) is 5.99. The Labute approximate surface area is 184 Å². The van der Waals surface area contributed by atoms with Crippen molar-refractivity contribution in [1.82, 2.24) is 9.78 Å². The minimum atomic E-state index is -0.408. The second-order valence-corrected chi connectivity index (χ2v) is 9.00. The van der Waals surface area contributed by atoms with Gasteiger partial charge in [0.2, 0.25) is 0 Å². The lowest BCUT2D eigenvalue weighted by Gasteiger charge is -2.32. The maximum absolute atomic E-state index is 6.12. The van der Waals surface area contributed by atoms with Crippen LogP contribution in [0, 0.1) is 0 Å². The topological polar surface area (TPSA) is 71.5 Å². The molecule has 1 aliphatic heterocycles. The van der Waals surface area contributed by atoms with Crippen LogP contribution in [0.15, 0.2) is 60.9 Å². The molecule has 1 fully saturated rings. The van der Waals surface area contributed by atoms with Crippen LogP contribution in [-0.4, -0.2) is 34.6 Å². The van der Waals surface area contributed by atoms with E-state index >= 15 is 0 Å². The summed E-state index contributed by atoms with van der Waals surface area (Å²) < 4.78 is 20.2. The zero-order chi connectivity index (χ0) is 22.1. The number of nitrogens with two attached hydrogens (primary N) is 1. The molecular formula is C24H30BN3O3. The van der Waals surface area contributed by atoms with Gasteiger partial charge in [-0.2, -0.15) is 5.10 Å². The van der Waals surface area contributed by atoms with Crippen molar-refractivity contribution < 1.29 is 14.0 Å². The van der Waals surface area contributed by atoms with E-state index in [4.69, 9.17) is 19.8 Å². The van der Waals surface area contributed by atoms with Crippen LogP contribution >= 0.6 is 0 Å². The second-order valence-electron chi connectivity index (χ2n) is 9.00. The average Bonchev–Trinajstić information content (AvgIpc) is 3.24. The Kier molecular flexibility index (Phi) is 5.93. The van der Waals surface area contributed by atoms with E-state index in [2.05, 4.69) is 44.9 Å². The molecule has 3 aromatic rings. The fraction of sp³-hybridized carbons (Fsp3) is 0.375. The molecule has 2 aromatic carbocycles. The number of benzene rings is 2. The van der Waals surface area contributed by atoms with Crippen molar-refractivity contribution in [1.29, 1.82) is 0 Å². The van der Waals surface area contributed by atoms with Gasteiger partial charge in [0, 0.05) is 17.9 Å². The first kappa shape index (κ1) is 21.6. The normalized spacial score (nSPS) is 17.1. The molecule has 1 saturated heterocycles. The lowest BCUT2D eigenvalue weighted by molar-refractivity contribution is 0.00578. The molecule has 1 aliphatic rings. The highest BCUT2D eigenvalue weighted by Gasteiger charge is 2.52. The molecule has 0 unspecified atom stereocenters. The quantitative estimate of drug-likeness (QED) is 0.594. The predicted molar refractivity (Wildman–Crippen MR) is 123 cm³/mol. The van der Waals surface area contributed by atoms with Gasteiger partial charge in [-0.05, 0) is 76.1 Å². The van der Waals surface area contributed by atoms with Gasteiger partial charge in [0.15, 0.2) is 0 Å². The molecule has 31 heavy (non-hydrogen) atoms. The summed E-state index contributed by atoms with van der Waals surface area (Å²) in [6.45, 7) is 9.45. The van der Waals surface area contributed by atoms with E-state index < -0.39 is 7.12 Å². The summed E-state index contributed by atoms with van der Waals surface area (Å²) in [7, 11) is -0.408. The van der Waals surface area contributed by atoms with Crippen LogP contribution in [0.1, 0.15) is 38.8 Å². The summed E-state index contributed by atoms with van der Waals surface area (Å²) in [4.78, 5) is 0. The summed E-state index contributed by atoms with van der Waals surface area (Å²) in [5, 5.41) is 4.50. The van der Waals surface area contributed by atoms with E-state index in [1.165, 1.54) is 5.56 Å². The minimum absolute atomic E-state index is 0.368. The van der Waals surface area contributed by atoms with Crippen molar-refractivity contribution in [2.75, 3.05) is 6.54 Å². The van der Waals surface area contributed by atoms with E-state index in [9.17, 15) is 0 Å². The first-order valence-electron chi connectivity index (χ1n) is 10.7. The molecule has 162 valence electrons. The maximum atomic E-state index is 6.12. The van der Waals surface area contributed by atoms with Crippen LogP contribution in [0.5, 0.6) is 11.5 Å². The van der Waals surface area contributed by atoms with Gasteiger partial charge in [-0.3, -0.25) is 4.68 Å². The van der Waals surface area contributed by atoms with E-state index in [1.807, 2.05) is 53.5 Å². The van der Waals surface area contributed by atoms with Gasteiger partial charge in [0.1, 0.15) is 11.5 Å². The Morgan fingerprint density at radius 3 is 2.23 bits per heavy atom. The molecule has 0 bridgehead atoms. The molecule has 0 radical (unpaired) electrons. The van der Waals surface area contributed by atoms with Crippen molar-refractivity contribution >= 4 is 12.6 Å².